The molecule has 0 radical (unpaired) electrons. The number of nitrogens with one attached hydrogen (secondary N) is 3. The minimum atomic E-state index is -4.90. The number of carbonyl (C=O) groups is 3. The molecular formula is C24H18ClF5N4O3. The van der Waals surface area contributed by atoms with Crippen molar-refractivity contribution in [3.05, 3.63) is 87.2 Å². The molecule has 3 aromatic rings. The largest absolute Gasteiger partial charge is 0.416 e. The summed E-state index contributed by atoms with van der Waals surface area (Å²) in [6.45, 7) is 1.47. The number of rotatable bonds is 4. The molecule has 2 aromatic carbocycles. The third-order valence-electron chi connectivity index (χ3n) is 5.87. The summed E-state index contributed by atoms with van der Waals surface area (Å²) in [4.78, 5) is 38.4. The molecule has 0 aliphatic carbocycles. The number of alkyl halides is 3. The summed E-state index contributed by atoms with van der Waals surface area (Å²) < 4.78 is 68.8. The molecule has 0 saturated heterocycles. The van der Waals surface area contributed by atoms with Crippen LogP contribution in [0.25, 0.3) is 0 Å². The van der Waals surface area contributed by atoms with Crippen LogP contribution in [-0.4, -0.2) is 29.3 Å². The SMILES string of the molecule is CNC(=O)c1cc(NC(=O)c2cc(F)cc(C(F)(F)F)c2)c2n1[C@@H](C)C(=O)N[C@@H]2c1cc(F)ccc1Cl. The maximum Gasteiger partial charge on any atom is 0.416 e. The number of hydrogen-bond donors (Lipinski definition) is 3. The summed E-state index contributed by atoms with van der Waals surface area (Å²) in [5.41, 5.74) is -1.94. The van der Waals surface area contributed by atoms with Crippen molar-refractivity contribution < 1.29 is 36.3 Å². The van der Waals surface area contributed by atoms with Crippen LogP contribution in [0, 0.1) is 11.6 Å². The second-order valence-electron chi connectivity index (χ2n) is 8.24. The lowest BCUT2D eigenvalue weighted by Crippen LogP contribution is -2.43. The Morgan fingerprint density at radius 2 is 1.73 bits per heavy atom. The molecular weight excluding hydrogens is 523 g/mol. The zero-order valence-corrected chi connectivity index (χ0v) is 19.9. The molecule has 0 unspecified atom stereocenters. The number of anilines is 1. The first-order valence-corrected chi connectivity index (χ1v) is 11.1. The molecule has 0 saturated carbocycles. The molecule has 0 bridgehead atoms. The van der Waals surface area contributed by atoms with E-state index in [9.17, 15) is 36.3 Å². The van der Waals surface area contributed by atoms with E-state index in [4.69, 9.17) is 11.6 Å². The van der Waals surface area contributed by atoms with E-state index in [1.54, 1.807) is 0 Å². The van der Waals surface area contributed by atoms with E-state index in [1.807, 2.05) is 0 Å². The highest BCUT2D eigenvalue weighted by atomic mass is 35.5. The van der Waals surface area contributed by atoms with Crippen LogP contribution in [0.3, 0.4) is 0 Å². The van der Waals surface area contributed by atoms with Gasteiger partial charge in [0.25, 0.3) is 11.8 Å². The quantitative estimate of drug-likeness (QED) is 0.414. The van der Waals surface area contributed by atoms with Crippen molar-refractivity contribution in [2.24, 2.45) is 0 Å². The molecule has 4 rings (SSSR count). The Bertz CT molecular complexity index is 1440. The summed E-state index contributed by atoms with van der Waals surface area (Å²) in [6.07, 6.45) is -4.90. The van der Waals surface area contributed by atoms with Crippen molar-refractivity contribution in [1.29, 1.82) is 0 Å². The van der Waals surface area contributed by atoms with Crippen LogP contribution >= 0.6 is 11.6 Å². The van der Waals surface area contributed by atoms with Crippen molar-refractivity contribution in [2.45, 2.75) is 25.2 Å². The molecule has 0 spiro atoms. The lowest BCUT2D eigenvalue weighted by Gasteiger charge is -2.33. The van der Waals surface area contributed by atoms with Gasteiger partial charge in [0.1, 0.15) is 23.4 Å². The Balaban J connectivity index is 1.88. The van der Waals surface area contributed by atoms with Crippen LogP contribution in [0.15, 0.2) is 42.5 Å². The van der Waals surface area contributed by atoms with Crippen LogP contribution in [0.1, 0.15) is 56.7 Å². The summed E-state index contributed by atoms with van der Waals surface area (Å²) >= 11 is 6.27. The molecule has 2 atom stereocenters. The first kappa shape index (κ1) is 26.1. The molecule has 3 amide bonds. The van der Waals surface area contributed by atoms with E-state index in [1.165, 1.54) is 30.7 Å². The van der Waals surface area contributed by atoms with Gasteiger partial charge < -0.3 is 20.5 Å². The fourth-order valence-electron chi connectivity index (χ4n) is 4.14. The number of benzene rings is 2. The van der Waals surface area contributed by atoms with Crippen LogP contribution in [0.4, 0.5) is 27.6 Å². The number of hydrogen-bond acceptors (Lipinski definition) is 3. The highest BCUT2D eigenvalue weighted by Gasteiger charge is 2.38. The monoisotopic (exact) mass is 540 g/mol. The van der Waals surface area contributed by atoms with Crippen LogP contribution in [0.5, 0.6) is 0 Å². The minimum Gasteiger partial charge on any atom is -0.354 e. The van der Waals surface area contributed by atoms with Gasteiger partial charge in [-0.1, -0.05) is 11.6 Å². The Kier molecular flexibility index (Phi) is 6.72. The minimum absolute atomic E-state index is 0.0627. The summed E-state index contributed by atoms with van der Waals surface area (Å²) in [5.74, 6) is -4.26. The average Bonchev–Trinajstić information content (AvgIpc) is 3.20. The van der Waals surface area contributed by atoms with Gasteiger partial charge in [-0.15, -0.1) is 0 Å². The molecule has 37 heavy (non-hydrogen) atoms. The zero-order valence-electron chi connectivity index (χ0n) is 19.1. The third kappa shape index (κ3) is 4.88. The van der Waals surface area contributed by atoms with E-state index < -0.39 is 58.7 Å². The van der Waals surface area contributed by atoms with Crippen molar-refractivity contribution >= 4 is 35.0 Å². The number of fused-ring (bicyclic) bond motifs is 1. The maximum atomic E-state index is 14.1. The Morgan fingerprint density at radius 3 is 2.38 bits per heavy atom. The van der Waals surface area contributed by atoms with Gasteiger partial charge in [-0.2, -0.15) is 13.2 Å². The first-order chi connectivity index (χ1) is 17.3. The topological polar surface area (TPSA) is 92.2 Å². The van der Waals surface area contributed by atoms with Crippen molar-refractivity contribution in [3.63, 3.8) is 0 Å². The summed E-state index contributed by atoms with van der Waals surface area (Å²) in [5, 5.41) is 7.53. The standard InChI is InChI=1S/C24H18ClF5N4O3/c1-10-21(35)33-19(15-8-13(26)3-4-16(15)25)20-17(9-18(34(10)20)23(37)31-2)32-22(36)11-5-12(24(28,29)30)7-14(27)6-11/h3-10,19H,1-2H3,(H,31,37)(H,32,36)(H,33,35)/t10-,19+/m0/s1. The highest BCUT2D eigenvalue weighted by Crippen LogP contribution is 2.40. The van der Waals surface area contributed by atoms with Crippen molar-refractivity contribution in [2.75, 3.05) is 12.4 Å². The van der Waals surface area contributed by atoms with Gasteiger partial charge in [0.15, 0.2) is 0 Å². The summed E-state index contributed by atoms with van der Waals surface area (Å²) in [6, 6.07) is 3.86. The lowest BCUT2D eigenvalue weighted by molar-refractivity contribution is -0.137. The average molecular weight is 541 g/mol. The van der Waals surface area contributed by atoms with Gasteiger partial charge >= 0.3 is 6.18 Å². The number of carbonyl (C=O) groups excluding carboxylic acids is 3. The van der Waals surface area contributed by atoms with Gasteiger partial charge in [-0.25, -0.2) is 8.78 Å². The normalized spacial score (nSPS) is 17.1. The highest BCUT2D eigenvalue weighted by molar-refractivity contribution is 6.31. The fraction of sp³-hybridized carbons (Fsp3) is 0.208. The van der Waals surface area contributed by atoms with Crippen molar-refractivity contribution in [1.82, 2.24) is 15.2 Å². The molecule has 13 heteroatoms. The Labute approximate surface area is 211 Å². The van der Waals surface area contributed by atoms with Gasteiger partial charge in [0, 0.05) is 23.2 Å². The van der Waals surface area contributed by atoms with E-state index in [-0.39, 0.29) is 33.7 Å². The van der Waals surface area contributed by atoms with Crippen LogP contribution < -0.4 is 16.0 Å². The molecule has 0 fully saturated rings. The third-order valence-corrected chi connectivity index (χ3v) is 6.21. The Morgan fingerprint density at radius 1 is 1.03 bits per heavy atom. The van der Waals surface area contributed by atoms with E-state index in [0.29, 0.717) is 12.1 Å². The number of amides is 3. The number of halogens is 6. The second kappa shape index (κ2) is 9.51. The molecule has 1 aromatic heterocycles. The first-order valence-electron chi connectivity index (χ1n) is 10.7. The molecule has 7 nitrogen and oxygen atoms in total. The van der Waals surface area contributed by atoms with Crippen molar-refractivity contribution in [3.8, 4) is 0 Å². The van der Waals surface area contributed by atoms with Crippen LogP contribution in [0.2, 0.25) is 5.02 Å². The smallest absolute Gasteiger partial charge is 0.354 e. The molecule has 2 heterocycles. The predicted octanol–water partition coefficient (Wildman–Crippen LogP) is 4.83. The maximum absolute atomic E-state index is 14.1. The van der Waals surface area contributed by atoms with Gasteiger partial charge in [0.05, 0.1) is 23.0 Å². The molecule has 194 valence electrons. The second-order valence-corrected chi connectivity index (χ2v) is 8.65. The summed E-state index contributed by atoms with van der Waals surface area (Å²) in [7, 11) is 1.33. The lowest BCUT2D eigenvalue weighted by atomic mass is 9.99. The van der Waals surface area contributed by atoms with Gasteiger partial charge in [-0.3, -0.25) is 14.4 Å². The van der Waals surface area contributed by atoms with Crippen LogP contribution in [-0.2, 0) is 11.0 Å². The van der Waals surface area contributed by atoms with E-state index >= 15 is 0 Å². The van der Waals surface area contributed by atoms with E-state index in [0.717, 1.165) is 12.1 Å². The molecule has 3 N–H and O–H groups in total. The predicted molar refractivity (Wildman–Crippen MR) is 123 cm³/mol. The number of aromatic nitrogens is 1. The Hall–Kier alpha value is -3.93. The van der Waals surface area contributed by atoms with E-state index in [2.05, 4.69) is 16.0 Å². The number of nitrogens with zero attached hydrogens (tertiary/aromatic N) is 1. The zero-order chi connectivity index (χ0) is 27.2. The van der Waals surface area contributed by atoms with Gasteiger partial charge in [-0.05, 0) is 49.4 Å². The fourth-order valence-corrected chi connectivity index (χ4v) is 4.37. The van der Waals surface area contributed by atoms with Gasteiger partial charge in [0.2, 0.25) is 5.91 Å². The molecule has 1 aliphatic rings. The molecule has 1 aliphatic heterocycles.